The van der Waals surface area contributed by atoms with E-state index in [0.29, 0.717) is 0 Å². The number of benzene rings is 6. The Morgan fingerprint density at radius 1 is 0.279 bits per heavy atom. The first-order chi connectivity index (χ1) is 32.6. The zero-order valence-corrected chi connectivity index (χ0v) is 37.7. The van der Waals surface area contributed by atoms with E-state index in [-0.39, 0.29) is 102 Å². The molecule has 0 saturated carbocycles. The summed E-state index contributed by atoms with van der Waals surface area (Å²) in [5.74, 6) is -6.78. The van der Waals surface area contributed by atoms with Crippen molar-refractivity contribution in [2.75, 3.05) is 56.9 Å². The number of Topliss-reactive ketones (excluding diaryl/α,β-unsaturated/α-hetero) is 6. The van der Waals surface area contributed by atoms with Crippen LogP contribution in [-0.2, 0) is 0 Å². The van der Waals surface area contributed by atoms with Gasteiger partial charge in [-0.15, -0.1) is 0 Å². The normalized spacial score (nSPS) is 10.5. The SMILES string of the molecule is COc1cc(OC)cc(C(=O)C(=O)c2cc(Oc3cc(O)cc(C(=O)C(=O)c4cc(OC)c(OC)c(OC)c4)c3)cc(Oc3cc(O)cc(C(=O)C(=O)c4cc(OC)c(OC)c(OC)c4)c3)c2)c1. The maximum atomic E-state index is 14.0. The van der Waals surface area contributed by atoms with Crippen LogP contribution in [0.4, 0.5) is 0 Å². The topological polar surface area (TPSA) is 235 Å². The Labute approximate surface area is 388 Å². The van der Waals surface area contributed by atoms with E-state index >= 15 is 0 Å². The van der Waals surface area contributed by atoms with E-state index in [2.05, 4.69) is 0 Å². The van der Waals surface area contributed by atoms with Gasteiger partial charge in [0.2, 0.25) is 46.2 Å². The van der Waals surface area contributed by atoms with Crippen molar-refractivity contribution in [3.05, 3.63) is 130 Å². The number of carbonyl (C=O) groups is 6. The van der Waals surface area contributed by atoms with Gasteiger partial charge >= 0.3 is 0 Å². The Morgan fingerprint density at radius 3 is 0.779 bits per heavy atom. The van der Waals surface area contributed by atoms with Gasteiger partial charge in [0.05, 0.1) is 56.9 Å². The second-order valence-corrected chi connectivity index (χ2v) is 14.2. The van der Waals surface area contributed by atoms with E-state index in [4.69, 9.17) is 47.4 Å². The Bertz CT molecular complexity index is 2760. The number of phenols is 2. The molecule has 0 spiro atoms. The first kappa shape index (κ1) is 48.4. The van der Waals surface area contributed by atoms with Gasteiger partial charge in [-0.2, -0.15) is 0 Å². The molecule has 0 saturated heterocycles. The van der Waals surface area contributed by atoms with Crippen LogP contribution >= 0.6 is 0 Å². The Morgan fingerprint density at radius 2 is 0.515 bits per heavy atom. The van der Waals surface area contributed by atoms with Crippen molar-refractivity contribution in [1.82, 2.24) is 0 Å². The molecule has 0 aliphatic carbocycles. The summed E-state index contributed by atoms with van der Waals surface area (Å²) in [6.45, 7) is 0. The van der Waals surface area contributed by atoms with Crippen LogP contribution in [0.25, 0.3) is 0 Å². The fourth-order valence-corrected chi connectivity index (χ4v) is 6.79. The van der Waals surface area contributed by atoms with Gasteiger partial charge in [0.25, 0.3) is 0 Å². The molecule has 0 aromatic heterocycles. The molecular weight excluding hydrogens is 889 g/mol. The van der Waals surface area contributed by atoms with Gasteiger partial charge in [-0.05, 0) is 72.8 Å². The molecule has 18 heteroatoms. The lowest BCUT2D eigenvalue weighted by Gasteiger charge is -2.14. The van der Waals surface area contributed by atoms with E-state index in [1.165, 1.54) is 118 Å². The summed E-state index contributed by atoms with van der Waals surface area (Å²) in [7, 11) is 10.8. The number of aromatic hydroxyl groups is 2. The van der Waals surface area contributed by atoms with Gasteiger partial charge < -0.3 is 57.6 Å². The van der Waals surface area contributed by atoms with Gasteiger partial charge in [0.15, 0.2) is 23.0 Å². The van der Waals surface area contributed by atoms with Crippen molar-refractivity contribution in [2.24, 2.45) is 0 Å². The van der Waals surface area contributed by atoms with E-state index in [1.807, 2.05) is 0 Å². The molecule has 0 aliphatic heterocycles. The molecule has 6 aromatic carbocycles. The monoisotopic (exact) mass is 930 g/mol. The van der Waals surface area contributed by atoms with Gasteiger partial charge in [-0.3, -0.25) is 28.8 Å². The average Bonchev–Trinajstić information content (AvgIpc) is 3.35. The number of rotatable bonds is 21. The lowest BCUT2D eigenvalue weighted by Crippen LogP contribution is -2.15. The number of hydrogen-bond acceptors (Lipinski definition) is 18. The van der Waals surface area contributed by atoms with Gasteiger partial charge in [-0.1, -0.05) is 0 Å². The van der Waals surface area contributed by atoms with Crippen LogP contribution in [0, 0.1) is 0 Å². The molecular formula is C50H42O18. The largest absolute Gasteiger partial charge is 0.508 e. The second kappa shape index (κ2) is 20.8. The van der Waals surface area contributed by atoms with E-state index in [1.54, 1.807) is 0 Å². The summed E-state index contributed by atoms with van der Waals surface area (Å²) in [5.41, 5.74) is -1.24. The molecule has 18 nitrogen and oxygen atoms in total. The Kier molecular flexibility index (Phi) is 14.8. The highest BCUT2D eigenvalue weighted by Gasteiger charge is 2.27. The molecule has 68 heavy (non-hydrogen) atoms. The predicted molar refractivity (Wildman–Crippen MR) is 241 cm³/mol. The summed E-state index contributed by atoms with van der Waals surface area (Å²) in [4.78, 5) is 82.1. The number of carbonyl (C=O) groups excluding carboxylic acids is 6. The number of ketones is 6. The number of ether oxygens (including phenoxy) is 10. The van der Waals surface area contributed by atoms with Crippen LogP contribution in [0.2, 0.25) is 0 Å². The number of methoxy groups -OCH3 is 8. The quantitative estimate of drug-likeness (QED) is 0.0514. The summed E-state index contributed by atoms with van der Waals surface area (Å²) in [6.07, 6.45) is 0. The summed E-state index contributed by atoms with van der Waals surface area (Å²) in [5, 5.41) is 21.5. The Balaban J connectivity index is 1.38. The fraction of sp³-hybridized carbons (Fsp3) is 0.160. The van der Waals surface area contributed by atoms with Crippen molar-refractivity contribution in [1.29, 1.82) is 0 Å². The van der Waals surface area contributed by atoms with E-state index in [0.717, 1.165) is 36.4 Å². The molecule has 0 heterocycles. The smallest absolute Gasteiger partial charge is 0.233 e. The molecule has 0 radical (unpaired) electrons. The Hall–Kier alpha value is -9.06. The van der Waals surface area contributed by atoms with Crippen molar-refractivity contribution in [3.8, 4) is 80.5 Å². The summed E-state index contributed by atoms with van der Waals surface area (Å²) >= 11 is 0. The molecule has 350 valence electrons. The molecule has 0 aliphatic rings. The van der Waals surface area contributed by atoms with E-state index < -0.39 is 46.2 Å². The minimum absolute atomic E-state index is 0.0965. The van der Waals surface area contributed by atoms with Crippen LogP contribution < -0.4 is 47.4 Å². The number of phenolic OH excluding ortho intramolecular Hbond substituents is 2. The number of hydrogen-bond donors (Lipinski definition) is 2. The maximum absolute atomic E-state index is 14.0. The highest BCUT2D eigenvalue weighted by Crippen LogP contribution is 2.41. The zero-order chi connectivity index (χ0) is 49.4. The summed E-state index contributed by atoms with van der Waals surface area (Å²) in [6, 6.07) is 19.5. The van der Waals surface area contributed by atoms with Crippen LogP contribution in [-0.4, -0.2) is 102 Å². The molecule has 6 aromatic rings. The standard InChI is InChI=1S/C50H42O18/c1-59-33-11-27(12-34(23-33)60-2)45(55)46(56)28-15-37(67-35-13-25(9-31(51)21-35)43(53)47(57)29-17-39(61-3)49(65-7)40(18-29)62-4)24-38(16-28)68-36-14-26(10-32(52)22-36)44(54)48(58)30-19-41(63-5)50(66-8)42(20-30)64-6/h9-24,51-52H,1-8H3. The lowest BCUT2D eigenvalue weighted by molar-refractivity contribution is 0.0816. The van der Waals surface area contributed by atoms with Crippen LogP contribution in [0.3, 0.4) is 0 Å². The van der Waals surface area contributed by atoms with Crippen molar-refractivity contribution in [3.63, 3.8) is 0 Å². The first-order valence-corrected chi connectivity index (χ1v) is 19.9. The molecule has 0 bridgehead atoms. The highest BCUT2D eigenvalue weighted by molar-refractivity contribution is 6.50. The third kappa shape index (κ3) is 10.4. The van der Waals surface area contributed by atoms with Gasteiger partial charge in [-0.25, -0.2) is 0 Å². The van der Waals surface area contributed by atoms with Crippen molar-refractivity contribution < 1.29 is 86.3 Å². The first-order valence-electron chi connectivity index (χ1n) is 19.9. The predicted octanol–water partition coefficient (Wildman–Crippen LogP) is 7.95. The average molecular weight is 931 g/mol. The zero-order valence-electron chi connectivity index (χ0n) is 37.7. The minimum Gasteiger partial charge on any atom is -0.508 e. The highest BCUT2D eigenvalue weighted by atomic mass is 16.5. The lowest BCUT2D eigenvalue weighted by atomic mass is 10.00. The molecule has 0 unspecified atom stereocenters. The van der Waals surface area contributed by atoms with Crippen LogP contribution in [0.5, 0.6) is 80.5 Å². The fourth-order valence-electron chi connectivity index (χ4n) is 6.79. The van der Waals surface area contributed by atoms with Crippen LogP contribution in [0.1, 0.15) is 62.1 Å². The van der Waals surface area contributed by atoms with Crippen molar-refractivity contribution >= 4 is 34.7 Å². The van der Waals surface area contributed by atoms with Gasteiger partial charge in [0.1, 0.15) is 46.0 Å². The molecule has 0 fully saturated rings. The third-order valence-corrected chi connectivity index (χ3v) is 10.0. The minimum atomic E-state index is -1.07. The second-order valence-electron chi connectivity index (χ2n) is 14.2. The summed E-state index contributed by atoms with van der Waals surface area (Å²) < 4.78 is 54.5. The van der Waals surface area contributed by atoms with Crippen LogP contribution in [0.15, 0.2) is 97.1 Å². The third-order valence-electron chi connectivity index (χ3n) is 10.0. The van der Waals surface area contributed by atoms with E-state index in [9.17, 15) is 39.0 Å². The molecule has 2 N–H and O–H groups in total. The molecule has 0 atom stereocenters. The molecule has 0 amide bonds. The molecule has 6 rings (SSSR count). The van der Waals surface area contributed by atoms with Gasteiger partial charge in [0, 0.05) is 57.6 Å². The van der Waals surface area contributed by atoms with Crippen molar-refractivity contribution in [2.45, 2.75) is 0 Å². The maximum Gasteiger partial charge on any atom is 0.233 e.